The van der Waals surface area contributed by atoms with Crippen LogP contribution in [0.3, 0.4) is 0 Å². The Bertz CT molecular complexity index is 894. The van der Waals surface area contributed by atoms with Gasteiger partial charge in [0.25, 0.3) is 0 Å². The van der Waals surface area contributed by atoms with Crippen LogP contribution < -0.4 is 15.8 Å². The molecule has 0 atom stereocenters. The topological polar surface area (TPSA) is 106 Å². The summed E-state index contributed by atoms with van der Waals surface area (Å²) in [6.07, 6.45) is 0. The van der Waals surface area contributed by atoms with Gasteiger partial charge in [-0.25, -0.2) is 18.1 Å². The number of guanidine groups is 1. The lowest BCUT2D eigenvalue weighted by atomic mass is 10.1. The number of anilines is 1. The fraction of sp³-hybridized carbons (Fsp3) is 0.350. The minimum Gasteiger partial charge on any atom is -0.380 e. The van der Waals surface area contributed by atoms with Gasteiger partial charge in [0.1, 0.15) is 0 Å². The maximum Gasteiger partial charge on any atom is 0.216 e. The Morgan fingerprint density at radius 2 is 1.75 bits per heavy atom. The first kappa shape index (κ1) is 21.9. The highest BCUT2D eigenvalue weighted by Gasteiger charge is 2.12. The minimum atomic E-state index is -3.33. The second-order valence-electron chi connectivity index (χ2n) is 6.76. The number of sulfonamides is 1. The van der Waals surface area contributed by atoms with E-state index in [4.69, 9.17) is 10.5 Å². The number of benzene rings is 2. The maximum atomic E-state index is 12.0. The molecule has 2 aromatic rings. The van der Waals surface area contributed by atoms with Crippen LogP contribution in [0.4, 0.5) is 5.69 Å². The van der Waals surface area contributed by atoms with Crippen LogP contribution in [0, 0.1) is 0 Å². The van der Waals surface area contributed by atoms with Crippen molar-refractivity contribution in [3.05, 3.63) is 65.2 Å². The Hall–Kier alpha value is -2.42. The smallest absolute Gasteiger partial charge is 0.216 e. The molecule has 28 heavy (non-hydrogen) atoms. The van der Waals surface area contributed by atoms with Crippen LogP contribution in [0.1, 0.15) is 30.5 Å². The van der Waals surface area contributed by atoms with Crippen molar-refractivity contribution in [1.29, 1.82) is 0 Å². The van der Waals surface area contributed by atoms with Gasteiger partial charge in [0, 0.05) is 24.4 Å². The molecule has 0 spiro atoms. The molecule has 0 aliphatic rings. The van der Waals surface area contributed by atoms with Crippen LogP contribution in [0.5, 0.6) is 0 Å². The minimum absolute atomic E-state index is 0.0469. The van der Waals surface area contributed by atoms with Gasteiger partial charge in [-0.2, -0.15) is 0 Å². The average molecular weight is 405 g/mol. The zero-order valence-electron chi connectivity index (χ0n) is 16.5. The highest BCUT2D eigenvalue weighted by Crippen LogP contribution is 2.15. The fourth-order valence-corrected chi connectivity index (χ4v) is 4.07. The van der Waals surface area contributed by atoms with Gasteiger partial charge in [0.15, 0.2) is 5.96 Å². The average Bonchev–Trinajstić information content (AvgIpc) is 2.61. The molecular weight excluding hydrogens is 376 g/mol. The standard InChI is InChI=1S/C20H28N4O3S/c1-15(2)24-28(25,26)14-17-10-8-16(9-11-17)12-22-20(21)23-19-7-5-4-6-18(19)13-27-3/h4-11,15,24H,12-14H2,1-3H3,(H3,21,22,23). The van der Waals surface area contributed by atoms with Crippen LogP contribution in [0.15, 0.2) is 53.5 Å². The number of rotatable bonds is 9. The summed E-state index contributed by atoms with van der Waals surface area (Å²) in [5.74, 6) is 0.255. The SMILES string of the molecule is COCc1ccccc1NC(N)=NCc1ccc(CS(=O)(=O)NC(C)C)cc1. The van der Waals surface area contributed by atoms with Gasteiger partial charge in [-0.3, -0.25) is 0 Å². The second kappa shape index (κ2) is 10.2. The molecule has 8 heteroatoms. The molecule has 0 bridgehead atoms. The third-order valence-electron chi connectivity index (χ3n) is 3.81. The molecule has 2 aromatic carbocycles. The van der Waals surface area contributed by atoms with Gasteiger partial charge in [-0.1, -0.05) is 42.5 Å². The fourth-order valence-electron chi connectivity index (χ4n) is 2.64. The molecule has 0 aliphatic carbocycles. The van der Waals surface area contributed by atoms with Crippen molar-refractivity contribution >= 4 is 21.7 Å². The van der Waals surface area contributed by atoms with Crippen molar-refractivity contribution in [1.82, 2.24) is 4.72 Å². The summed E-state index contributed by atoms with van der Waals surface area (Å²) in [5.41, 5.74) is 9.49. The normalized spacial score (nSPS) is 12.4. The van der Waals surface area contributed by atoms with Crippen molar-refractivity contribution in [3.8, 4) is 0 Å². The number of nitrogens with one attached hydrogen (secondary N) is 2. The summed E-state index contributed by atoms with van der Waals surface area (Å²) in [7, 11) is -1.69. The Morgan fingerprint density at radius 3 is 2.39 bits per heavy atom. The van der Waals surface area contributed by atoms with Crippen molar-refractivity contribution in [2.24, 2.45) is 10.7 Å². The van der Waals surface area contributed by atoms with Crippen LogP contribution in [0.25, 0.3) is 0 Å². The number of aliphatic imine (C=N–C) groups is 1. The van der Waals surface area contributed by atoms with E-state index in [0.717, 1.165) is 22.4 Å². The lowest BCUT2D eigenvalue weighted by molar-refractivity contribution is 0.185. The highest BCUT2D eigenvalue weighted by atomic mass is 32.2. The molecule has 7 nitrogen and oxygen atoms in total. The first-order chi connectivity index (χ1) is 13.3. The molecule has 0 heterocycles. The molecule has 0 unspecified atom stereocenters. The number of para-hydroxylation sites is 1. The van der Waals surface area contributed by atoms with E-state index in [1.807, 2.05) is 36.4 Å². The summed E-state index contributed by atoms with van der Waals surface area (Å²) >= 11 is 0. The molecule has 2 rings (SSSR count). The summed E-state index contributed by atoms with van der Waals surface area (Å²) in [4.78, 5) is 4.35. The maximum absolute atomic E-state index is 12.0. The van der Waals surface area contributed by atoms with E-state index in [2.05, 4.69) is 15.0 Å². The molecule has 0 fully saturated rings. The number of nitrogens with zero attached hydrogens (tertiary/aromatic N) is 1. The second-order valence-corrected chi connectivity index (χ2v) is 8.52. The number of hydrogen-bond acceptors (Lipinski definition) is 4. The van der Waals surface area contributed by atoms with E-state index in [0.29, 0.717) is 19.1 Å². The number of nitrogens with two attached hydrogens (primary N) is 1. The van der Waals surface area contributed by atoms with Crippen molar-refractivity contribution in [3.63, 3.8) is 0 Å². The molecule has 0 aliphatic heterocycles. The molecule has 4 N–H and O–H groups in total. The number of ether oxygens (including phenoxy) is 1. The predicted octanol–water partition coefficient (Wildman–Crippen LogP) is 2.59. The Labute approximate surface area is 167 Å². The van der Waals surface area contributed by atoms with Crippen molar-refractivity contribution in [2.45, 2.75) is 38.8 Å². The summed E-state index contributed by atoms with van der Waals surface area (Å²) in [5, 5.41) is 3.09. The number of hydrogen-bond donors (Lipinski definition) is 3. The summed E-state index contributed by atoms with van der Waals surface area (Å²) in [6.45, 7) is 4.46. The van der Waals surface area contributed by atoms with Crippen molar-refractivity contribution < 1.29 is 13.2 Å². The van der Waals surface area contributed by atoms with Gasteiger partial charge in [0.2, 0.25) is 10.0 Å². The molecule has 0 radical (unpaired) electrons. The van der Waals surface area contributed by atoms with E-state index >= 15 is 0 Å². The number of methoxy groups -OCH3 is 1. The van der Waals surface area contributed by atoms with Gasteiger partial charge in [0.05, 0.1) is 18.9 Å². The van der Waals surface area contributed by atoms with Crippen molar-refractivity contribution in [2.75, 3.05) is 12.4 Å². The zero-order valence-corrected chi connectivity index (χ0v) is 17.3. The first-order valence-electron chi connectivity index (χ1n) is 9.00. The summed E-state index contributed by atoms with van der Waals surface area (Å²) in [6, 6.07) is 14.9. The Balaban J connectivity index is 1.97. The largest absolute Gasteiger partial charge is 0.380 e. The van der Waals surface area contributed by atoms with Crippen LogP contribution in [-0.2, 0) is 33.7 Å². The molecule has 0 amide bonds. The van der Waals surface area contributed by atoms with Gasteiger partial charge in [-0.05, 0) is 31.0 Å². The van der Waals surface area contributed by atoms with E-state index < -0.39 is 10.0 Å². The Morgan fingerprint density at radius 1 is 1.11 bits per heavy atom. The molecule has 152 valence electrons. The van der Waals surface area contributed by atoms with Crippen LogP contribution in [0.2, 0.25) is 0 Å². The van der Waals surface area contributed by atoms with Crippen LogP contribution >= 0.6 is 0 Å². The van der Waals surface area contributed by atoms with Crippen LogP contribution in [-0.4, -0.2) is 27.5 Å². The third kappa shape index (κ3) is 7.30. The van der Waals surface area contributed by atoms with E-state index in [9.17, 15) is 8.42 Å². The van der Waals surface area contributed by atoms with Gasteiger partial charge < -0.3 is 15.8 Å². The quantitative estimate of drug-likeness (QED) is 0.440. The Kier molecular flexibility index (Phi) is 7.98. The molecular formula is C20H28N4O3S. The summed E-state index contributed by atoms with van der Waals surface area (Å²) < 4.78 is 31.7. The molecule has 0 aromatic heterocycles. The van der Waals surface area contributed by atoms with E-state index in [1.54, 1.807) is 33.1 Å². The first-order valence-corrected chi connectivity index (χ1v) is 10.7. The third-order valence-corrected chi connectivity index (χ3v) is 5.35. The lowest BCUT2D eigenvalue weighted by Gasteiger charge is -2.11. The lowest BCUT2D eigenvalue weighted by Crippen LogP contribution is -2.31. The van der Waals surface area contributed by atoms with Gasteiger partial charge >= 0.3 is 0 Å². The van der Waals surface area contributed by atoms with Gasteiger partial charge in [-0.15, -0.1) is 0 Å². The van der Waals surface area contributed by atoms with E-state index in [1.165, 1.54) is 0 Å². The molecule has 0 saturated heterocycles. The molecule has 0 saturated carbocycles. The monoisotopic (exact) mass is 404 g/mol. The predicted molar refractivity (Wildman–Crippen MR) is 113 cm³/mol. The highest BCUT2D eigenvalue weighted by molar-refractivity contribution is 7.88. The van der Waals surface area contributed by atoms with E-state index in [-0.39, 0.29) is 11.8 Å². The zero-order chi connectivity index (χ0) is 20.6.